The van der Waals surface area contributed by atoms with Crippen LogP contribution in [0.15, 0.2) is 28.8 Å². The molecule has 3 aromatic rings. The number of nitrogens with one attached hydrogen (secondary N) is 1. The molecule has 4 rings (SSSR count). The molecule has 0 spiro atoms. The predicted octanol–water partition coefficient (Wildman–Crippen LogP) is 2.90. The molecule has 23 heavy (non-hydrogen) atoms. The molecule has 1 amide bonds. The maximum Gasteiger partial charge on any atom is 0.227 e. The maximum absolute atomic E-state index is 12.7. The monoisotopic (exact) mass is 309 g/mol. The summed E-state index contributed by atoms with van der Waals surface area (Å²) in [6, 6.07) is 8.28. The summed E-state index contributed by atoms with van der Waals surface area (Å²) >= 11 is 0. The van der Waals surface area contributed by atoms with Crippen molar-refractivity contribution in [2.75, 3.05) is 6.54 Å². The van der Waals surface area contributed by atoms with Crippen LogP contribution in [0.5, 0.6) is 0 Å². The van der Waals surface area contributed by atoms with Crippen LogP contribution in [-0.2, 0) is 24.2 Å². The molecule has 5 heteroatoms. The third kappa shape index (κ3) is 2.32. The molecule has 0 aliphatic carbocycles. The van der Waals surface area contributed by atoms with Gasteiger partial charge in [0.15, 0.2) is 0 Å². The zero-order valence-corrected chi connectivity index (χ0v) is 13.3. The van der Waals surface area contributed by atoms with Crippen molar-refractivity contribution in [3.05, 3.63) is 52.5 Å². The highest BCUT2D eigenvalue weighted by Crippen LogP contribution is 2.28. The second-order valence-corrected chi connectivity index (χ2v) is 6.17. The lowest BCUT2D eigenvalue weighted by Crippen LogP contribution is -2.36. The van der Waals surface area contributed by atoms with Crippen LogP contribution in [-0.4, -0.2) is 27.5 Å². The van der Waals surface area contributed by atoms with Gasteiger partial charge in [-0.1, -0.05) is 23.4 Å². The van der Waals surface area contributed by atoms with E-state index in [2.05, 4.69) is 22.3 Å². The van der Waals surface area contributed by atoms with E-state index < -0.39 is 0 Å². The summed E-state index contributed by atoms with van der Waals surface area (Å²) in [7, 11) is 0. The van der Waals surface area contributed by atoms with Crippen molar-refractivity contribution in [3.8, 4) is 0 Å². The Balaban J connectivity index is 1.59. The van der Waals surface area contributed by atoms with Crippen molar-refractivity contribution in [2.45, 2.75) is 33.2 Å². The van der Waals surface area contributed by atoms with Crippen molar-refractivity contribution >= 4 is 16.8 Å². The van der Waals surface area contributed by atoms with Crippen molar-refractivity contribution in [1.29, 1.82) is 0 Å². The topological polar surface area (TPSA) is 62.1 Å². The Hall–Kier alpha value is -2.56. The summed E-state index contributed by atoms with van der Waals surface area (Å²) in [6.45, 7) is 5.16. The number of hydrogen-bond donors (Lipinski definition) is 1. The highest BCUT2D eigenvalue weighted by molar-refractivity contribution is 5.86. The molecule has 0 saturated carbocycles. The lowest BCUT2D eigenvalue weighted by atomic mass is 10.0. The Morgan fingerprint density at radius 2 is 2.17 bits per heavy atom. The number of fused-ring (bicyclic) bond motifs is 3. The zero-order valence-electron chi connectivity index (χ0n) is 13.3. The fourth-order valence-electron chi connectivity index (χ4n) is 3.40. The average Bonchev–Trinajstić information content (AvgIpc) is 3.09. The summed E-state index contributed by atoms with van der Waals surface area (Å²) in [5.41, 5.74) is 5.38. The summed E-state index contributed by atoms with van der Waals surface area (Å²) in [5, 5.41) is 5.15. The smallest absolute Gasteiger partial charge is 0.227 e. The van der Waals surface area contributed by atoms with Crippen molar-refractivity contribution in [2.24, 2.45) is 0 Å². The van der Waals surface area contributed by atoms with Gasteiger partial charge in [0.2, 0.25) is 5.91 Å². The van der Waals surface area contributed by atoms with Crippen molar-refractivity contribution < 1.29 is 9.32 Å². The van der Waals surface area contributed by atoms with E-state index in [9.17, 15) is 4.79 Å². The molecule has 1 aliphatic rings. The number of para-hydroxylation sites is 1. The lowest BCUT2D eigenvalue weighted by molar-refractivity contribution is -0.131. The molecular weight excluding hydrogens is 290 g/mol. The van der Waals surface area contributed by atoms with Gasteiger partial charge in [0.25, 0.3) is 0 Å². The van der Waals surface area contributed by atoms with Gasteiger partial charge in [-0.2, -0.15) is 0 Å². The van der Waals surface area contributed by atoms with Crippen LogP contribution in [0.3, 0.4) is 0 Å². The molecule has 2 aromatic heterocycles. The summed E-state index contributed by atoms with van der Waals surface area (Å²) < 4.78 is 5.16. The molecule has 1 aliphatic heterocycles. The quantitative estimate of drug-likeness (QED) is 0.791. The van der Waals surface area contributed by atoms with Gasteiger partial charge in [0.1, 0.15) is 5.76 Å². The highest BCUT2D eigenvalue weighted by atomic mass is 16.5. The number of nitrogens with zero attached hydrogens (tertiary/aromatic N) is 2. The standard InChI is InChI=1S/C18H19N3O2/c1-11-14(12(2)23-20-11)9-18(22)21-8-7-17-15(10-21)13-5-3-4-6-16(13)19-17/h3-6,19H,7-10H2,1-2H3. The fourth-order valence-corrected chi connectivity index (χ4v) is 3.40. The van der Waals surface area contributed by atoms with Crippen LogP contribution < -0.4 is 0 Å². The van der Waals surface area contributed by atoms with Gasteiger partial charge < -0.3 is 14.4 Å². The Kier molecular flexibility index (Phi) is 3.22. The van der Waals surface area contributed by atoms with Crippen LogP contribution in [0.2, 0.25) is 0 Å². The molecule has 1 N–H and O–H groups in total. The lowest BCUT2D eigenvalue weighted by Gasteiger charge is -2.27. The maximum atomic E-state index is 12.7. The van der Waals surface area contributed by atoms with Crippen LogP contribution in [0.1, 0.15) is 28.3 Å². The van der Waals surface area contributed by atoms with Crippen molar-refractivity contribution in [1.82, 2.24) is 15.0 Å². The van der Waals surface area contributed by atoms with Crippen molar-refractivity contribution in [3.63, 3.8) is 0 Å². The Labute approximate surface area is 134 Å². The molecule has 0 atom stereocenters. The molecule has 3 heterocycles. The van der Waals surface area contributed by atoms with Crippen LogP contribution >= 0.6 is 0 Å². The number of benzene rings is 1. The first kappa shape index (κ1) is 14.1. The van der Waals surface area contributed by atoms with E-state index in [1.165, 1.54) is 16.6 Å². The second-order valence-electron chi connectivity index (χ2n) is 6.17. The van der Waals surface area contributed by atoms with E-state index in [0.717, 1.165) is 35.5 Å². The van der Waals surface area contributed by atoms with E-state index in [0.29, 0.717) is 13.0 Å². The molecule has 0 saturated heterocycles. The SMILES string of the molecule is Cc1noc(C)c1CC(=O)N1CCc2[nH]c3ccccc3c2C1. The zero-order chi connectivity index (χ0) is 16.0. The normalized spacial score (nSPS) is 14.3. The van der Waals surface area contributed by atoms with E-state index in [1.807, 2.05) is 30.9 Å². The highest BCUT2D eigenvalue weighted by Gasteiger charge is 2.25. The van der Waals surface area contributed by atoms with Gasteiger partial charge in [-0.3, -0.25) is 4.79 Å². The van der Waals surface area contributed by atoms with E-state index in [-0.39, 0.29) is 5.91 Å². The Bertz CT molecular complexity index is 871. The predicted molar refractivity (Wildman–Crippen MR) is 87.1 cm³/mol. The number of hydrogen-bond acceptors (Lipinski definition) is 3. The summed E-state index contributed by atoms with van der Waals surface area (Å²) in [6.07, 6.45) is 1.23. The van der Waals surface area contributed by atoms with Gasteiger partial charge in [-0.25, -0.2) is 0 Å². The minimum atomic E-state index is 0.135. The first-order chi connectivity index (χ1) is 11.1. The average molecular weight is 309 g/mol. The van der Waals surface area contributed by atoms with Crippen LogP contribution in [0, 0.1) is 13.8 Å². The molecule has 118 valence electrons. The molecule has 5 nitrogen and oxygen atoms in total. The fraction of sp³-hybridized carbons (Fsp3) is 0.333. The molecule has 0 bridgehead atoms. The number of H-pyrrole nitrogens is 1. The number of rotatable bonds is 2. The molecular formula is C18H19N3O2. The second kappa shape index (κ2) is 5.26. The van der Waals surface area contributed by atoms with Gasteiger partial charge in [-0.05, 0) is 19.9 Å². The third-order valence-electron chi connectivity index (χ3n) is 4.74. The summed E-state index contributed by atoms with van der Waals surface area (Å²) in [5.74, 6) is 0.871. The first-order valence-electron chi connectivity index (χ1n) is 7.91. The largest absolute Gasteiger partial charge is 0.361 e. The Morgan fingerprint density at radius 3 is 2.96 bits per heavy atom. The van der Waals surface area contributed by atoms with E-state index >= 15 is 0 Å². The minimum absolute atomic E-state index is 0.135. The number of carbonyl (C=O) groups excluding carboxylic acids is 1. The Morgan fingerprint density at radius 1 is 1.35 bits per heavy atom. The number of aromatic amines is 1. The molecule has 0 unspecified atom stereocenters. The van der Waals surface area contributed by atoms with Gasteiger partial charge in [0, 0.05) is 47.2 Å². The summed E-state index contributed by atoms with van der Waals surface area (Å²) in [4.78, 5) is 18.1. The molecule has 1 aromatic carbocycles. The van der Waals surface area contributed by atoms with Crippen LogP contribution in [0.25, 0.3) is 10.9 Å². The van der Waals surface area contributed by atoms with Gasteiger partial charge >= 0.3 is 0 Å². The number of aryl methyl sites for hydroxylation is 2. The number of amides is 1. The van der Waals surface area contributed by atoms with Gasteiger partial charge in [0.05, 0.1) is 12.1 Å². The molecule has 0 radical (unpaired) electrons. The van der Waals surface area contributed by atoms with Crippen LogP contribution in [0.4, 0.5) is 0 Å². The third-order valence-corrected chi connectivity index (χ3v) is 4.74. The number of aromatic nitrogens is 2. The molecule has 0 fully saturated rings. The van der Waals surface area contributed by atoms with E-state index in [4.69, 9.17) is 4.52 Å². The van der Waals surface area contributed by atoms with Gasteiger partial charge in [-0.15, -0.1) is 0 Å². The first-order valence-corrected chi connectivity index (χ1v) is 7.91. The van der Waals surface area contributed by atoms with E-state index in [1.54, 1.807) is 0 Å². The minimum Gasteiger partial charge on any atom is -0.361 e. The number of carbonyl (C=O) groups is 1.